The summed E-state index contributed by atoms with van der Waals surface area (Å²) in [6.07, 6.45) is 64.6. The molecule has 2 aromatic carbocycles. The number of benzene rings is 2. The zero-order chi connectivity index (χ0) is 50.2. The summed E-state index contributed by atoms with van der Waals surface area (Å²) in [5.41, 5.74) is 10.8. The van der Waals surface area contributed by atoms with Gasteiger partial charge in [-0.2, -0.15) is 0 Å². The third kappa shape index (κ3) is 38.5. The van der Waals surface area contributed by atoms with Crippen molar-refractivity contribution in [3.8, 4) is 0 Å². The van der Waals surface area contributed by atoms with Crippen LogP contribution in [-0.2, 0) is 42.2 Å². The average Bonchev–Trinajstić information content (AvgIpc) is 3.36. The normalized spacial score (nSPS) is 12.0. The van der Waals surface area contributed by atoms with Crippen molar-refractivity contribution < 1.29 is 16.5 Å². The molecule has 0 spiro atoms. The third-order valence-electron chi connectivity index (χ3n) is 15.2. The molecule has 2 nitrogen and oxygen atoms in total. The Morgan fingerprint density at radius 1 is 0.239 bits per heavy atom. The van der Waals surface area contributed by atoms with Crippen LogP contribution in [0.3, 0.4) is 0 Å². The Hall–Kier alpha value is -1.73. The van der Waals surface area contributed by atoms with E-state index in [0.717, 1.165) is 44.9 Å². The first-order valence-electron chi connectivity index (χ1n) is 32.0. The molecule has 0 unspecified atom stereocenters. The maximum Gasteiger partial charge on any atom is 0.0639 e. The smallest absolute Gasteiger partial charge is 0.0639 e. The molecular formula is C68H120N2Ni. The van der Waals surface area contributed by atoms with Crippen molar-refractivity contribution in [1.29, 1.82) is 0 Å². The molecule has 0 N–H and O–H groups in total. The van der Waals surface area contributed by atoms with E-state index in [1.807, 2.05) is 0 Å². The van der Waals surface area contributed by atoms with Crippen LogP contribution in [0.5, 0.6) is 0 Å². The number of nitrogens with zero attached hydrogens (tertiary/aromatic N) is 2. The van der Waals surface area contributed by atoms with Gasteiger partial charge in [-0.15, -0.1) is 0 Å². The van der Waals surface area contributed by atoms with Crippen molar-refractivity contribution >= 4 is 22.8 Å². The zero-order valence-corrected chi connectivity index (χ0v) is 49.6. The fourth-order valence-corrected chi connectivity index (χ4v) is 10.7. The van der Waals surface area contributed by atoms with E-state index >= 15 is 0 Å². The summed E-state index contributed by atoms with van der Waals surface area (Å²) in [4.78, 5) is 11.3. The van der Waals surface area contributed by atoms with E-state index in [9.17, 15) is 0 Å². The monoisotopic (exact) mass is 1020 g/mol. The molecule has 0 bridgehead atoms. The van der Waals surface area contributed by atoms with E-state index in [-0.39, 0.29) is 16.5 Å². The number of rotatable bonds is 51. The minimum atomic E-state index is 0. The zero-order valence-electron chi connectivity index (χ0n) is 48.6. The first-order valence-corrected chi connectivity index (χ1v) is 32.0. The quantitative estimate of drug-likeness (QED) is 0.0358. The van der Waals surface area contributed by atoms with E-state index in [4.69, 9.17) is 9.98 Å². The van der Waals surface area contributed by atoms with Gasteiger partial charge >= 0.3 is 0 Å². The van der Waals surface area contributed by atoms with Crippen LogP contribution >= 0.6 is 0 Å². The van der Waals surface area contributed by atoms with Crippen LogP contribution in [0, 0.1) is 0 Å². The largest absolute Gasteiger partial charge is 0.252 e. The average molecular weight is 1020 g/mol. The molecule has 0 aliphatic heterocycles. The Balaban J connectivity index is 0.0000252. The van der Waals surface area contributed by atoms with Crippen molar-refractivity contribution in [2.24, 2.45) is 9.98 Å². The Labute approximate surface area is 455 Å². The number of hydrogen-bond donors (Lipinski definition) is 0. The Morgan fingerprint density at radius 3 is 0.676 bits per heavy atom. The van der Waals surface area contributed by atoms with Crippen LogP contribution in [-0.4, -0.2) is 11.4 Å². The first-order chi connectivity index (χ1) is 34.6. The second kappa shape index (κ2) is 50.4. The predicted molar refractivity (Wildman–Crippen MR) is 319 cm³/mol. The summed E-state index contributed by atoms with van der Waals surface area (Å²) in [6, 6.07) is 14.7. The number of hydrogen-bond acceptors (Lipinski definition) is 2. The second-order valence-corrected chi connectivity index (χ2v) is 22.4. The van der Waals surface area contributed by atoms with Gasteiger partial charge in [0.25, 0.3) is 0 Å². The molecule has 71 heavy (non-hydrogen) atoms. The molecular weight excluding hydrogens is 903 g/mol. The maximum absolute atomic E-state index is 5.67. The predicted octanol–water partition coefficient (Wildman–Crippen LogP) is 24.0. The molecule has 0 saturated heterocycles. The van der Waals surface area contributed by atoms with Gasteiger partial charge in [-0.1, -0.05) is 285 Å². The summed E-state index contributed by atoms with van der Waals surface area (Å²) in [5, 5.41) is 0. The topological polar surface area (TPSA) is 24.7 Å². The third-order valence-corrected chi connectivity index (χ3v) is 15.2. The van der Waals surface area contributed by atoms with Gasteiger partial charge in [0.1, 0.15) is 0 Å². The first kappa shape index (κ1) is 67.3. The number of aryl methyl sites for hydroxylation is 4. The molecule has 0 heterocycles. The summed E-state index contributed by atoms with van der Waals surface area (Å²) in [6.45, 7) is 13.9. The van der Waals surface area contributed by atoms with E-state index in [1.165, 1.54) is 308 Å². The molecule has 3 heteroatoms. The summed E-state index contributed by atoms with van der Waals surface area (Å²) < 4.78 is 0. The summed E-state index contributed by atoms with van der Waals surface area (Å²) in [7, 11) is 0. The standard InChI is InChI=1S/C68H120N2.Ni/c1-7-13-19-20-21-22-23-24-25-26-27-28-29-30-31-32-33-34-35-36-37-38-39-40-41-42-43-48-54-68(70-66-59-63(51-46-16-10-4)56-64(60-66)52-47-17-11-5)67(53-18-12-6)69-65-57-61(49-44-14-8-2)55-62(58-65)50-45-15-9-3;/h55-60H,7-54H2,1-6H3;/b69-67+,70-68+;. The molecule has 0 atom stereocenters. The molecule has 2 aromatic rings. The second-order valence-electron chi connectivity index (χ2n) is 22.4. The van der Waals surface area contributed by atoms with Gasteiger partial charge < -0.3 is 0 Å². The molecule has 0 radical (unpaired) electrons. The van der Waals surface area contributed by atoms with Crippen molar-refractivity contribution in [1.82, 2.24) is 0 Å². The molecule has 0 fully saturated rings. The van der Waals surface area contributed by atoms with Crippen LogP contribution in [0.15, 0.2) is 46.4 Å². The van der Waals surface area contributed by atoms with E-state index in [1.54, 1.807) is 0 Å². The van der Waals surface area contributed by atoms with E-state index < -0.39 is 0 Å². The summed E-state index contributed by atoms with van der Waals surface area (Å²) >= 11 is 0. The van der Waals surface area contributed by atoms with E-state index in [0.29, 0.717) is 0 Å². The van der Waals surface area contributed by atoms with Crippen LogP contribution in [0.2, 0.25) is 0 Å². The van der Waals surface area contributed by atoms with Gasteiger partial charge in [0.2, 0.25) is 0 Å². The molecule has 0 aliphatic rings. The van der Waals surface area contributed by atoms with Gasteiger partial charge in [-0.25, -0.2) is 0 Å². The van der Waals surface area contributed by atoms with Gasteiger partial charge in [0.05, 0.1) is 22.8 Å². The summed E-state index contributed by atoms with van der Waals surface area (Å²) in [5.74, 6) is 0. The van der Waals surface area contributed by atoms with Crippen molar-refractivity contribution in [3.63, 3.8) is 0 Å². The van der Waals surface area contributed by atoms with Crippen LogP contribution in [0.4, 0.5) is 11.4 Å². The Kier molecular flexibility index (Phi) is 47.8. The fraction of sp³-hybridized carbons (Fsp3) is 0.794. The van der Waals surface area contributed by atoms with Crippen molar-refractivity contribution in [2.75, 3.05) is 0 Å². The number of aliphatic imine (C=N–C) groups is 2. The number of unbranched alkanes of at least 4 members (excludes halogenated alkanes) is 36. The van der Waals surface area contributed by atoms with Gasteiger partial charge in [-0.3, -0.25) is 9.98 Å². The SMILES string of the molecule is CCCCCCCCCCCCCCCCCCCCCCCCCCCCCCC(=N\c1cc(CCCCC)cc(CCCCC)c1)/C(CCCC)=N/c1cc(CCCCC)cc(CCCCC)c1.[Ni]. The molecule has 412 valence electrons. The van der Waals surface area contributed by atoms with Gasteiger partial charge in [-0.05, 0) is 124 Å². The van der Waals surface area contributed by atoms with E-state index in [2.05, 4.69) is 77.9 Å². The minimum Gasteiger partial charge on any atom is -0.252 e. The van der Waals surface area contributed by atoms with Crippen LogP contribution in [0.1, 0.15) is 346 Å². The fourth-order valence-electron chi connectivity index (χ4n) is 10.7. The van der Waals surface area contributed by atoms with Gasteiger partial charge in [0.15, 0.2) is 0 Å². The van der Waals surface area contributed by atoms with Crippen LogP contribution < -0.4 is 0 Å². The Morgan fingerprint density at radius 2 is 0.437 bits per heavy atom. The van der Waals surface area contributed by atoms with Crippen LogP contribution in [0.25, 0.3) is 0 Å². The molecule has 0 aliphatic carbocycles. The molecule has 2 rings (SSSR count). The minimum absolute atomic E-state index is 0. The molecule has 0 aromatic heterocycles. The molecule has 0 saturated carbocycles. The maximum atomic E-state index is 5.67. The van der Waals surface area contributed by atoms with Gasteiger partial charge in [0, 0.05) is 16.5 Å². The van der Waals surface area contributed by atoms with Crippen molar-refractivity contribution in [2.45, 2.75) is 350 Å². The Bertz CT molecular complexity index is 1470. The molecule has 0 amide bonds. The van der Waals surface area contributed by atoms with Crippen molar-refractivity contribution in [3.05, 3.63) is 58.7 Å².